The van der Waals surface area contributed by atoms with Crippen LogP contribution in [0, 0.1) is 0 Å². The Morgan fingerprint density at radius 2 is 2.04 bits per heavy atom. The number of sulfonamides is 1. The minimum Gasteiger partial charge on any atom is -0.383 e. The number of hydrogen-bond donors (Lipinski definition) is 2. The van der Waals surface area contributed by atoms with E-state index in [2.05, 4.69) is 25.6 Å². The molecule has 0 atom stereocenters. The van der Waals surface area contributed by atoms with Crippen molar-refractivity contribution in [2.75, 3.05) is 26.0 Å². The third-order valence-electron chi connectivity index (χ3n) is 3.40. The average Bonchev–Trinajstić information content (AvgIpc) is 3.18. The zero-order chi connectivity index (χ0) is 16.4. The molecule has 0 saturated carbocycles. The molecule has 3 rings (SSSR count). The summed E-state index contributed by atoms with van der Waals surface area (Å²) in [6.07, 6.45) is 4.11. The van der Waals surface area contributed by atoms with Crippen LogP contribution in [-0.4, -0.2) is 53.6 Å². The highest BCUT2D eigenvalue weighted by Gasteiger charge is 2.24. The maximum atomic E-state index is 12.3. The summed E-state index contributed by atoms with van der Waals surface area (Å²) in [5.74, 6) is 0. The van der Waals surface area contributed by atoms with Gasteiger partial charge in [-0.1, -0.05) is 0 Å². The Kier molecular flexibility index (Phi) is 4.01. The minimum atomic E-state index is -3.62. The SMILES string of the molecule is CN(C)S(=O)(=O)c1ccc(NCCc2cnc[nH]2)c2nonc12. The summed E-state index contributed by atoms with van der Waals surface area (Å²) in [5.41, 5.74) is 2.26. The zero-order valence-electron chi connectivity index (χ0n) is 12.6. The topological polar surface area (TPSA) is 117 Å². The molecule has 0 unspecified atom stereocenters. The van der Waals surface area contributed by atoms with Crippen LogP contribution in [0.25, 0.3) is 11.0 Å². The Morgan fingerprint density at radius 3 is 2.74 bits per heavy atom. The van der Waals surface area contributed by atoms with Crippen molar-refractivity contribution in [3.8, 4) is 0 Å². The van der Waals surface area contributed by atoms with Crippen LogP contribution in [-0.2, 0) is 16.4 Å². The van der Waals surface area contributed by atoms with Gasteiger partial charge in [-0.25, -0.2) is 22.3 Å². The van der Waals surface area contributed by atoms with Gasteiger partial charge in [-0.05, 0) is 22.4 Å². The predicted octanol–water partition coefficient (Wildman–Crippen LogP) is 0.851. The van der Waals surface area contributed by atoms with E-state index in [1.54, 1.807) is 18.6 Å². The number of anilines is 1. The number of aromatic amines is 1. The second kappa shape index (κ2) is 5.97. The lowest BCUT2D eigenvalue weighted by Crippen LogP contribution is -2.22. The summed E-state index contributed by atoms with van der Waals surface area (Å²) < 4.78 is 30.5. The fourth-order valence-corrected chi connectivity index (χ4v) is 3.16. The van der Waals surface area contributed by atoms with Crippen LogP contribution in [0.5, 0.6) is 0 Å². The summed E-state index contributed by atoms with van der Waals surface area (Å²) in [6.45, 7) is 0.629. The summed E-state index contributed by atoms with van der Waals surface area (Å²) in [7, 11) is -0.689. The smallest absolute Gasteiger partial charge is 0.244 e. The maximum absolute atomic E-state index is 12.3. The van der Waals surface area contributed by atoms with Gasteiger partial charge in [0.2, 0.25) is 10.0 Å². The van der Waals surface area contributed by atoms with E-state index < -0.39 is 10.0 Å². The van der Waals surface area contributed by atoms with Gasteiger partial charge in [-0.15, -0.1) is 0 Å². The highest BCUT2D eigenvalue weighted by atomic mass is 32.2. The van der Waals surface area contributed by atoms with E-state index in [-0.39, 0.29) is 10.4 Å². The first kappa shape index (κ1) is 15.4. The first-order valence-corrected chi connectivity index (χ1v) is 8.33. The van der Waals surface area contributed by atoms with Crippen LogP contribution in [0.2, 0.25) is 0 Å². The number of rotatable bonds is 6. The highest BCUT2D eigenvalue weighted by molar-refractivity contribution is 7.89. The Bertz CT molecular complexity index is 901. The molecule has 0 radical (unpaired) electrons. The molecule has 0 aliphatic heterocycles. The number of fused-ring (bicyclic) bond motifs is 1. The van der Waals surface area contributed by atoms with Crippen molar-refractivity contribution in [2.24, 2.45) is 0 Å². The van der Waals surface area contributed by atoms with Crippen molar-refractivity contribution in [1.29, 1.82) is 0 Å². The molecule has 0 aliphatic rings. The van der Waals surface area contributed by atoms with Crippen LogP contribution in [0.4, 0.5) is 5.69 Å². The lowest BCUT2D eigenvalue weighted by atomic mass is 10.2. The molecule has 0 bridgehead atoms. The Labute approximate surface area is 132 Å². The summed E-state index contributed by atoms with van der Waals surface area (Å²) in [5, 5.41) is 10.8. The van der Waals surface area contributed by atoms with Crippen molar-refractivity contribution >= 4 is 26.7 Å². The van der Waals surface area contributed by atoms with Gasteiger partial charge in [-0.3, -0.25) is 0 Å². The molecule has 1 aromatic carbocycles. The molecule has 23 heavy (non-hydrogen) atoms. The highest BCUT2D eigenvalue weighted by Crippen LogP contribution is 2.28. The second-order valence-corrected chi connectivity index (χ2v) is 7.23. The lowest BCUT2D eigenvalue weighted by molar-refractivity contribution is 0.315. The van der Waals surface area contributed by atoms with E-state index in [4.69, 9.17) is 4.63 Å². The normalized spacial score (nSPS) is 12.1. The van der Waals surface area contributed by atoms with E-state index in [0.717, 1.165) is 16.4 Å². The molecule has 0 amide bonds. The summed E-state index contributed by atoms with van der Waals surface area (Å²) in [4.78, 5) is 7.03. The van der Waals surface area contributed by atoms with Crippen molar-refractivity contribution in [1.82, 2.24) is 24.6 Å². The largest absolute Gasteiger partial charge is 0.383 e. The molecule has 0 saturated heterocycles. The summed E-state index contributed by atoms with van der Waals surface area (Å²) in [6, 6.07) is 3.16. The molecule has 10 heteroatoms. The summed E-state index contributed by atoms with van der Waals surface area (Å²) >= 11 is 0. The number of benzene rings is 1. The van der Waals surface area contributed by atoms with Crippen LogP contribution < -0.4 is 5.32 Å². The third-order valence-corrected chi connectivity index (χ3v) is 5.25. The van der Waals surface area contributed by atoms with Gasteiger partial charge in [-0.2, -0.15) is 0 Å². The van der Waals surface area contributed by atoms with Crippen molar-refractivity contribution in [2.45, 2.75) is 11.3 Å². The molecular formula is C13H16N6O3S. The van der Waals surface area contributed by atoms with Crippen molar-refractivity contribution < 1.29 is 13.0 Å². The molecular weight excluding hydrogens is 320 g/mol. The molecule has 2 aromatic heterocycles. The van der Waals surface area contributed by atoms with Crippen LogP contribution in [0.15, 0.2) is 34.2 Å². The standard InChI is InChI=1S/C13H16N6O3S/c1-19(2)23(20,21)11-4-3-10(12-13(11)18-22-17-12)15-6-5-9-7-14-8-16-9/h3-4,7-8,15H,5-6H2,1-2H3,(H,14,16). The molecule has 0 aliphatic carbocycles. The molecule has 2 heterocycles. The van der Waals surface area contributed by atoms with Crippen LogP contribution in [0.3, 0.4) is 0 Å². The molecule has 0 spiro atoms. The van der Waals surface area contributed by atoms with E-state index in [9.17, 15) is 8.42 Å². The Hall–Kier alpha value is -2.46. The van der Waals surface area contributed by atoms with Gasteiger partial charge < -0.3 is 10.3 Å². The van der Waals surface area contributed by atoms with Gasteiger partial charge in [0.25, 0.3) is 0 Å². The lowest BCUT2D eigenvalue weighted by Gasteiger charge is -2.12. The fraction of sp³-hybridized carbons (Fsp3) is 0.308. The fourth-order valence-electron chi connectivity index (χ4n) is 2.14. The number of aromatic nitrogens is 4. The predicted molar refractivity (Wildman–Crippen MR) is 83.5 cm³/mol. The second-order valence-electron chi connectivity index (χ2n) is 5.11. The average molecular weight is 336 g/mol. The number of nitrogens with zero attached hydrogens (tertiary/aromatic N) is 4. The van der Waals surface area contributed by atoms with Crippen molar-refractivity contribution in [3.63, 3.8) is 0 Å². The van der Waals surface area contributed by atoms with Crippen LogP contribution >= 0.6 is 0 Å². The van der Waals surface area contributed by atoms with E-state index in [0.29, 0.717) is 17.7 Å². The minimum absolute atomic E-state index is 0.0675. The van der Waals surface area contributed by atoms with E-state index in [1.165, 1.54) is 20.2 Å². The molecule has 3 aromatic rings. The van der Waals surface area contributed by atoms with E-state index in [1.807, 2.05) is 0 Å². The van der Waals surface area contributed by atoms with Crippen molar-refractivity contribution in [3.05, 3.63) is 30.4 Å². The number of H-pyrrole nitrogens is 1. The van der Waals surface area contributed by atoms with Gasteiger partial charge in [0.15, 0.2) is 11.0 Å². The zero-order valence-corrected chi connectivity index (χ0v) is 13.5. The van der Waals surface area contributed by atoms with E-state index >= 15 is 0 Å². The molecule has 9 nitrogen and oxygen atoms in total. The Balaban J connectivity index is 1.88. The molecule has 0 fully saturated rings. The number of hydrogen-bond acceptors (Lipinski definition) is 7. The monoisotopic (exact) mass is 336 g/mol. The first-order chi connectivity index (χ1) is 11.0. The van der Waals surface area contributed by atoms with Gasteiger partial charge in [0.1, 0.15) is 4.90 Å². The maximum Gasteiger partial charge on any atom is 0.244 e. The van der Waals surface area contributed by atoms with Gasteiger partial charge in [0.05, 0.1) is 12.0 Å². The molecule has 122 valence electrons. The number of imidazole rings is 1. The Morgan fingerprint density at radius 1 is 1.26 bits per heavy atom. The quantitative estimate of drug-likeness (QED) is 0.685. The van der Waals surface area contributed by atoms with Gasteiger partial charge >= 0.3 is 0 Å². The van der Waals surface area contributed by atoms with Gasteiger partial charge in [0, 0.05) is 39.0 Å². The van der Waals surface area contributed by atoms with Crippen LogP contribution in [0.1, 0.15) is 5.69 Å². The first-order valence-electron chi connectivity index (χ1n) is 6.89. The number of nitrogens with one attached hydrogen (secondary N) is 2. The third kappa shape index (κ3) is 2.90. The molecule has 2 N–H and O–H groups in total.